The Morgan fingerprint density at radius 3 is 2.47 bits per heavy atom. The van der Waals surface area contributed by atoms with Crippen molar-refractivity contribution in [2.75, 3.05) is 13.6 Å². The zero-order valence-corrected chi connectivity index (χ0v) is 9.20. The Bertz CT molecular complexity index is 368. The average Bonchev–Trinajstić information content (AvgIpc) is 2.27. The molecule has 0 aliphatic heterocycles. The molecule has 0 aliphatic carbocycles. The summed E-state index contributed by atoms with van der Waals surface area (Å²) < 4.78 is 37.3. The second kappa shape index (κ2) is 5.48. The third kappa shape index (κ3) is 3.69. The van der Waals surface area contributed by atoms with Gasteiger partial charge in [0, 0.05) is 6.54 Å². The van der Waals surface area contributed by atoms with Crippen molar-refractivity contribution < 1.29 is 23.4 Å². The lowest BCUT2D eigenvalue weighted by atomic mass is 10.0. The van der Waals surface area contributed by atoms with Crippen LogP contribution in [0.4, 0.5) is 13.2 Å². The molecule has 0 bridgehead atoms. The summed E-state index contributed by atoms with van der Waals surface area (Å²) in [7, 11) is 1.57. The van der Waals surface area contributed by atoms with Crippen LogP contribution in [0, 0.1) is 0 Å². The second-order valence-electron chi connectivity index (χ2n) is 3.69. The molecule has 0 saturated carbocycles. The average molecular weight is 249 g/mol. The van der Waals surface area contributed by atoms with E-state index in [0.29, 0.717) is 0 Å². The molecule has 0 amide bonds. The SMILES string of the molecule is CNCC(O)C(O)c1cccc(C(F)(F)F)c1. The fourth-order valence-corrected chi connectivity index (χ4v) is 1.44. The topological polar surface area (TPSA) is 52.5 Å². The lowest BCUT2D eigenvalue weighted by molar-refractivity contribution is -0.137. The van der Waals surface area contributed by atoms with Crippen LogP contribution in [-0.4, -0.2) is 29.9 Å². The van der Waals surface area contributed by atoms with Crippen LogP contribution < -0.4 is 5.32 Å². The van der Waals surface area contributed by atoms with Gasteiger partial charge in [0.15, 0.2) is 0 Å². The minimum Gasteiger partial charge on any atom is -0.389 e. The molecule has 3 nitrogen and oxygen atoms in total. The van der Waals surface area contributed by atoms with E-state index in [-0.39, 0.29) is 12.1 Å². The van der Waals surface area contributed by atoms with Gasteiger partial charge in [-0.1, -0.05) is 12.1 Å². The molecule has 3 N–H and O–H groups in total. The van der Waals surface area contributed by atoms with Gasteiger partial charge >= 0.3 is 6.18 Å². The number of aliphatic hydroxyl groups is 2. The van der Waals surface area contributed by atoms with Crippen molar-refractivity contribution in [3.63, 3.8) is 0 Å². The summed E-state index contributed by atoms with van der Waals surface area (Å²) in [4.78, 5) is 0. The van der Waals surface area contributed by atoms with E-state index < -0.39 is 23.9 Å². The maximum atomic E-state index is 12.4. The van der Waals surface area contributed by atoms with Crippen LogP contribution in [0.3, 0.4) is 0 Å². The smallest absolute Gasteiger partial charge is 0.389 e. The maximum absolute atomic E-state index is 12.4. The molecule has 96 valence electrons. The first-order valence-corrected chi connectivity index (χ1v) is 5.04. The molecule has 1 rings (SSSR count). The van der Waals surface area contributed by atoms with E-state index in [1.165, 1.54) is 12.1 Å². The van der Waals surface area contributed by atoms with E-state index in [1.807, 2.05) is 0 Å². The highest BCUT2D eigenvalue weighted by molar-refractivity contribution is 5.27. The van der Waals surface area contributed by atoms with Gasteiger partial charge in [0.1, 0.15) is 6.10 Å². The van der Waals surface area contributed by atoms with Gasteiger partial charge in [0.2, 0.25) is 0 Å². The van der Waals surface area contributed by atoms with Crippen molar-refractivity contribution in [2.24, 2.45) is 0 Å². The summed E-state index contributed by atoms with van der Waals surface area (Å²) in [6.07, 6.45) is -6.95. The maximum Gasteiger partial charge on any atom is 0.416 e. The first-order valence-electron chi connectivity index (χ1n) is 5.04. The lowest BCUT2D eigenvalue weighted by Gasteiger charge is -2.18. The highest BCUT2D eigenvalue weighted by atomic mass is 19.4. The van der Waals surface area contributed by atoms with Crippen LogP contribution in [0.2, 0.25) is 0 Å². The number of likely N-dealkylation sites (N-methyl/N-ethyl adjacent to an activating group) is 1. The predicted octanol–water partition coefficient (Wildman–Crippen LogP) is 1.32. The van der Waals surface area contributed by atoms with Gasteiger partial charge in [-0.25, -0.2) is 0 Å². The van der Waals surface area contributed by atoms with E-state index in [2.05, 4.69) is 5.32 Å². The van der Waals surface area contributed by atoms with Gasteiger partial charge in [0.05, 0.1) is 11.7 Å². The van der Waals surface area contributed by atoms with Gasteiger partial charge in [-0.2, -0.15) is 13.2 Å². The molecule has 0 aromatic heterocycles. The van der Waals surface area contributed by atoms with Crippen LogP contribution in [0.15, 0.2) is 24.3 Å². The molecular weight excluding hydrogens is 235 g/mol. The summed E-state index contributed by atoms with van der Waals surface area (Å²) in [5.74, 6) is 0. The van der Waals surface area contributed by atoms with E-state index in [9.17, 15) is 23.4 Å². The molecule has 2 unspecified atom stereocenters. The number of alkyl halides is 3. The zero-order chi connectivity index (χ0) is 13.1. The molecule has 17 heavy (non-hydrogen) atoms. The standard InChI is InChI=1S/C11H14F3NO2/c1-15-6-9(16)10(17)7-3-2-4-8(5-7)11(12,13)14/h2-5,9-10,15-17H,6H2,1H3. The molecule has 0 fully saturated rings. The Hall–Kier alpha value is -1.11. The van der Waals surface area contributed by atoms with Crippen LogP contribution in [0.25, 0.3) is 0 Å². The summed E-state index contributed by atoms with van der Waals surface area (Å²) in [5.41, 5.74) is -0.798. The number of rotatable bonds is 4. The number of nitrogens with one attached hydrogen (secondary N) is 1. The fraction of sp³-hybridized carbons (Fsp3) is 0.455. The Morgan fingerprint density at radius 2 is 1.94 bits per heavy atom. The molecule has 0 spiro atoms. The van der Waals surface area contributed by atoms with Crippen LogP contribution >= 0.6 is 0 Å². The van der Waals surface area contributed by atoms with Crippen molar-refractivity contribution in [1.82, 2.24) is 5.32 Å². The quantitative estimate of drug-likeness (QED) is 0.754. The van der Waals surface area contributed by atoms with E-state index in [0.717, 1.165) is 12.1 Å². The Morgan fingerprint density at radius 1 is 1.29 bits per heavy atom. The summed E-state index contributed by atoms with van der Waals surface area (Å²) in [6, 6.07) is 4.30. The first-order chi connectivity index (χ1) is 7.86. The Kier molecular flexibility index (Phi) is 4.50. The van der Waals surface area contributed by atoms with Crippen LogP contribution in [0.5, 0.6) is 0 Å². The third-order valence-corrected chi connectivity index (χ3v) is 2.33. The Balaban J connectivity index is 2.92. The number of halogens is 3. The van der Waals surface area contributed by atoms with Gasteiger partial charge in [-0.3, -0.25) is 0 Å². The van der Waals surface area contributed by atoms with E-state index in [4.69, 9.17) is 0 Å². The molecule has 6 heteroatoms. The molecule has 0 aliphatic rings. The van der Waals surface area contributed by atoms with E-state index in [1.54, 1.807) is 7.05 Å². The lowest BCUT2D eigenvalue weighted by Crippen LogP contribution is -2.29. The predicted molar refractivity (Wildman–Crippen MR) is 56.3 cm³/mol. The van der Waals surface area contributed by atoms with Gasteiger partial charge in [-0.15, -0.1) is 0 Å². The molecule has 0 saturated heterocycles. The molecule has 1 aromatic carbocycles. The zero-order valence-electron chi connectivity index (χ0n) is 9.20. The first kappa shape index (κ1) is 14.0. The van der Waals surface area contributed by atoms with E-state index >= 15 is 0 Å². The van der Waals surface area contributed by atoms with Crippen molar-refractivity contribution >= 4 is 0 Å². The highest BCUT2D eigenvalue weighted by Gasteiger charge is 2.31. The molecule has 1 aromatic rings. The fourth-order valence-electron chi connectivity index (χ4n) is 1.44. The van der Waals surface area contributed by atoms with Gasteiger partial charge in [0.25, 0.3) is 0 Å². The van der Waals surface area contributed by atoms with Crippen molar-refractivity contribution in [2.45, 2.75) is 18.4 Å². The highest BCUT2D eigenvalue weighted by Crippen LogP contribution is 2.31. The summed E-state index contributed by atoms with van der Waals surface area (Å²) in [5, 5.41) is 21.8. The minimum absolute atomic E-state index is 0.0441. The number of hydrogen-bond donors (Lipinski definition) is 3. The normalized spacial score (nSPS) is 15.6. The molecule has 0 heterocycles. The van der Waals surface area contributed by atoms with Crippen molar-refractivity contribution in [1.29, 1.82) is 0 Å². The largest absolute Gasteiger partial charge is 0.416 e. The molecule has 0 radical (unpaired) electrons. The minimum atomic E-state index is -4.45. The molecule has 2 atom stereocenters. The number of aliphatic hydroxyl groups excluding tert-OH is 2. The van der Waals surface area contributed by atoms with Gasteiger partial charge < -0.3 is 15.5 Å². The number of hydrogen-bond acceptors (Lipinski definition) is 3. The van der Waals surface area contributed by atoms with Crippen molar-refractivity contribution in [3.05, 3.63) is 35.4 Å². The monoisotopic (exact) mass is 249 g/mol. The van der Waals surface area contributed by atoms with Crippen LogP contribution in [0.1, 0.15) is 17.2 Å². The Labute approximate surface area is 96.9 Å². The second-order valence-corrected chi connectivity index (χ2v) is 3.69. The summed E-state index contributed by atoms with van der Waals surface area (Å²) >= 11 is 0. The van der Waals surface area contributed by atoms with Crippen LogP contribution in [-0.2, 0) is 6.18 Å². The van der Waals surface area contributed by atoms with Gasteiger partial charge in [-0.05, 0) is 24.7 Å². The van der Waals surface area contributed by atoms with Crippen molar-refractivity contribution in [3.8, 4) is 0 Å². The molecular formula is C11H14F3NO2. The number of benzene rings is 1. The third-order valence-electron chi connectivity index (χ3n) is 2.33. The summed E-state index contributed by atoms with van der Waals surface area (Å²) in [6.45, 7) is 0.0947.